The molecule has 2 fully saturated rings. The van der Waals surface area contributed by atoms with E-state index in [1.165, 1.54) is 11.1 Å². The number of carbonyl (C=O) groups excluding carboxylic acids is 2. The number of carbonyl (C=O) groups is 3. The third kappa shape index (κ3) is 4.08. The molecular formula is C26H28N2O5. The number of carboxylic acid groups (broad SMARTS) is 1. The quantitative estimate of drug-likeness (QED) is 0.599. The zero-order chi connectivity index (χ0) is 23.0. The van der Waals surface area contributed by atoms with Crippen LogP contribution in [0.4, 0.5) is 4.79 Å². The highest BCUT2D eigenvalue weighted by Gasteiger charge is 2.51. The van der Waals surface area contributed by atoms with Gasteiger partial charge in [-0.15, -0.1) is 0 Å². The Kier molecular flexibility index (Phi) is 5.56. The molecule has 0 heterocycles. The van der Waals surface area contributed by atoms with Gasteiger partial charge in [-0.05, 0) is 47.9 Å². The minimum Gasteiger partial charge on any atom is -0.481 e. The summed E-state index contributed by atoms with van der Waals surface area (Å²) in [5, 5.41) is 15.0. The summed E-state index contributed by atoms with van der Waals surface area (Å²) in [5.74, 6) is -1.57. The predicted octanol–water partition coefficient (Wildman–Crippen LogP) is 3.67. The first-order valence-corrected chi connectivity index (χ1v) is 11.6. The number of alkyl carbamates (subject to hydrolysis) is 1. The summed E-state index contributed by atoms with van der Waals surface area (Å²) in [6.07, 6.45) is 2.87. The second-order valence-corrected chi connectivity index (χ2v) is 9.42. The lowest BCUT2D eigenvalue weighted by molar-refractivity contribution is -0.142. The molecule has 0 bridgehead atoms. The average molecular weight is 449 g/mol. The van der Waals surface area contributed by atoms with Crippen molar-refractivity contribution in [3.63, 3.8) is 0 Å². The molecule has 7 heteroatoms. The van der Waals surface area contributed by atoms with Crippen molar-refractivity contribution in [2.45, 2.75) is 44.1 Å². The van der Waals surface area contributed by atoms with Gasteiger partial charge in [0.1, 0.15) is 6.61 Å². The van der Waals surface area contributed by atoms with E-state index in [0.717, 1.165) is 17.5 Å². The van der Waals surface area contributed by atoms with Gasteiger partial charge in [0.25, 0.3) is 0 Å². The Balaban J connectivity index is 1.16. The summed E-state index contributed by atoms with van der Waals surface area (Å²) < 4.78 is 5.57. The van der Waals surface area contributed by atoms with Crippen molar-refractivity contribution in [1.29, 1.82) is 0 Å². The Labute approximate surface area is 192 Å². The fourth-order valence-electron chi connectivity index (χ4n) is 5.28. The summed E-state index contributed by atoms with van der Waals surface area (Å²) in [5.41, 5.74) is 3.98. The Hall–Kier alpha value is -3.35. The number of amides is 2. The fraction of sp³-hybridized carbons (Fsp3) is 0.423. The van der Waals surface area contributed by atoms with Crippen molar-refractivity contribution in [2.24, 2.45) is 11.3 Å². The van der Waals surface area contributed by atoms with Gasteiger partial charge in [0.05, 0.1) is 11.3 Å². The minimum atomic E-state index is -0.862. The SMILES string of the molecule is O=C(NCC1(C(=O)NC2CCCC2C(=O)O)CC1)OCC1c2ccccc2-c2ccccc21. The van der Waals surface area contributed by atoms with Crippen molar-refractivity contribution in [3.8, 4) is 11.1 Å². The lowest BCUT2D eigenvalue weighted by Gasteiger charge is -2.22. The summed E-state index contributed by atoms with van der Waals surface area (Å²) in [7, 11) is 0. The molecule has 2 aromatic rings. The molecule has 0 radical (unpaired) electrons. The van der Waals surface area contributed by atoms with E-state index < -0.39 is 23.4 Å². The van der Waals surface area contributed by atoms with Crippen LogP contribution in [0.15, 0.2) is 48.5 Å². The molecule has 172 valence electrons. The molecular weight excluding hydrogens is 420 g/mol. The molecule has 7 nitrogen and oxygen atoms in total. The normalized spacial score (nSPS) is 22.2. The van der Waals surface area contributed by atoms with Crippen LogP contribution in [-0.2, 0) is 14.3 Å². The van der Waals surface area contributed by atoms with Gasteiger partial charge in [0.15, 0.2) is 0 Å². The zero-order valence-electron chi connectivity index (χ0n) is 18.4. The molecule has 5 rings (SSSR count). The van der Waals surface area contributed by atoms with Gasteiger partial charge in [0, 0.05) is 18.5 Å². The molecule has 3 aliphatic carbocycles. The number of hydrogen-bond acceptors (Lipinski definition) is 4. The van der Waals surface area contributed by atoms with Crippen LogP contribution >= 0.6 is 0 Å². The zero-order valence-corrected chi connectivity index (χ0v) is 18.4. The summed E-state index contributed by atoms with van der Waals surface area (Å²) in [6, 6.07) is 16.0. The number of benzene rings is 2. The van der Waals surface area contributed by atoms with Crippen LogP contribution in [0.5, 0.6) is 0 Å². The van der Waals surface area contributed by atoms with E-state index in [-0.39, 0.29) is 31.0 Å². The highest BCUT2D eigenvalue weighted by atomic mass is 16.5. The standard InChI is InChI=1S/C26H28N2O5/c29-23(30)20-10-5-11-22(20)28-24(31)26(12-13-26)15-27-25(32)33-14-21-18-8-3-1-6-16(18)17-7-2-4-9-19(17)21/h1-4,6-9,20-22H,5,10-15H2,(H,27,32)(H,28,31)(H,29,30). The van der Waals surface area contributed by atoms with Crippen LogP contribution in [0, 0.1) is 11.3 Å². The van der Waals surface area contributed by atoms with Crippen molar-refractivity contribution < 1.29 is 24.2 Å². The molecule has 3 aliphatic rings. The highest BCUT2D eigenvalue weighted by molar-refractivity contribution is 5.87. The molecule has 2 saturated carbocycles. The van der Waals surface area contributed by atoms with E-state index in [4.69, 9.17) is 4.74 Å². The van der Waals surface area contributed by atoms with Crippen molar-refractivity contribution in [3.05, 3.63) is 59.7 Å². The maximum atomic E-state index is 12.8. The molecule has 2 atom stereocenters. The fourth-order valence-corrected chi connectivity index (χ4v) is 5.28. The summed E-state index contributed by atoms with van der Waals surface area (Å²) in [4.78, 5) is 36.7. The molecule has 33 heavy (non-hydrogen) atoms. The number of nitrogens with one attached hydrogen (secondary N) is 2. The summed E-state index contributed by atoms with van der Waals surface area (Å²) in [6.45, 7) is 0.418. The van der Waals surface area contributed by atoms with Gasteiger partial charge in [-0.25, -0.2) is 4.79 Å². The molecule has 2 aromatic carbocycles. The number of aliphatic carboxylic acids is 1. The number of rotatable bonds is 7. The molecule has 0 aromatic heterocycles. The van der Waals surface area contributed by atoms with E-state index in [1.807, 2.05) is 24.3 Å². The first-order valence-electron chi connectivity index (χ1n) is 11.6. The monoisotopic (exact) mass is 448 g/mol. The first-order chi connectivity index (χ1) is 16.0. The Morgan fingerprint density at radius 1 is 0.970 bits per heavy atom. The van der Waals surface area contributed by atoms with E-state index in [9.17, 15) is 19.5 Å². The predicted molar refractivity (Wildman–Crippen MR) is 122 cm³/mol. The van der Waals surface area contributed by atoms with Crippen molar-refractivity contribution >= 4 is 18.0 Å². The van der Waals surface area contributed by atoms with Crippen molar-refractivity contribution in [2.75, 3.05) is 13.2 Å². The van der Waals surface area contributed by atoms with Crippen LogP contribution in [0.2, 0.25) is 0 Å². The third-order valence-electron chi connectivity index (χ3n) is 7.40. The molecule has 2 unspecified atom stereocenters. The van der Waals surface area contributed by atoms with E-state index >= 15 is 0 Å². The number of hydrogen-bond donors (Lipinski definition) is 3. The van der Waals surface area contributed by atoms with Crippen LogP contribution in [-0.4, -0.2) is 42.3 Å². The lowest BCUT2D eigenvalue weighted by Crippen LogP contribution is -2.47. The first kappa shape index (κ1) is 21.5. The van der Waals surface area contributed by atoms with Gasteiger partial charge in [-0.2, -0.15) is 0 Å². The van der Waals surface area contributed by atoms with Gasteiger partial charge in [0.2, 0.25) is 5.91 Å². The molecule has 2 amide bonds. The van der Waals surface area contributed by atoms with E-state index in [1.54, 1.807) is 0 Å². The summed E-state index contributed by atoms with van der Waals surface area (Å²) >= 11 is 0. The van der Waals surface area contributed by atoms with Gasteiger partial charge < -0.3 is 20.5 Å². The van der Waals surface area contributed by atoms with Gasteiger partial charge >= 0.3 is 12.1 Å². The Morgan fingerprint density at radius 3 is 2.21 bits per heavy atom. The molecule has 3 N–H and O–H groups in total. The molecule has 0 aliphatic heterocycles. The number of fused-ring (bicyclic) bond motifs is 3. The molecule has 0 spiro atoms. The maximum Gasteiger partial charge on any atom is 0.407 e. The Morgan fingerprint density at radius 2 is 1.61 bits per heavy atom. The van der Waals surface area contributed by atoms with Crippen LogP contribution < -0.4 is 10.6 Å². The second-order valence-electron chi connectivity index (χ2n) is 9.42. The average Bonchev–Trinajstić information content (AvgIpc) is 3.36. The number of ether oxygens (including phenoxy) is 1. The third-order valence-corrected chi connectivity index (χ3v) is 7.40. The van der Waals surface area contributed by atoms with E-state index in [2.05, 4.69) is 34.9 Å². The van der Waals surface area contributed by atoms with Crippen LogP contribution in [0.1, 0.15) is 49.1 Å². The maximum absolute atomic E-state index is 12.8. The largest absolute Gasteiger partial charge is 0.481 e. The highest BCUT2D eigenvalue weighted by Crippen LogP contribution is 2.46. The van der Waals surface area contributed by atoms with Gasteiger partial charge in [-0.3, -0.25) is 9.59 Å². The Bertz CT molecular complexity index is 1050. The minimum absolute atomic E-state index is 0.0170. The topological polar surface area (TPSA) is 105 Å². The van der Waals surface area contributed by atoms with Crippen LogP contribution in [0.25, 0.3) is 11.1 Å². The van der Waals surface area contributed by atoms with Crippen LogP contribution in [0.3, 0.4) is 0 Å². The number of carboxylic acids is 1. The smallest absolute Gasteiger partial charge is 0.407 e. The van der Waals surface area contributed by atoms with Crippen molar-refractivity contribution in [1.82, 2.24) is 10.6 Å². The van der Waals surface area contributed by atoms with Gasteiger partial charge in [-0.1, -0.05) is 55.0 Å². The van der Waals surface area contributed by atoms with E-state index in [0.29, 0.717) is 25.7 Å². The molecule has 0 saturated heterocycles. The lowest BCUT2D eigenvalue weighted by atomic mass is 9.98. The second kappa shape index (κ2) is 8.54.